The second kappa shape index (κ2) is 5.27. The van der Waals surface area contributed by atoms with Crippen LogP contribution in [0.2, 0.25) is 0 Å². The lowest BCUT2D eigenvalue weighted by Crippen LogP contribution is -2.41. The van der Waals surface area contributed by atoms with Gasteiger partial charge in [-0.1, -0.05) is 13.8 Å². The fourth-order valence-corrected chi connectivity index (χ4v) is 4.44. The Balaban J connectivity index is 3.06. The van der Waals surface area contributed by atoms with Crippen molar-refractivity contribution < 1.29 is 17.9 Å². The van der Waals surface area contributed by atoms with Crippen LogP contribution in [0.3, 0.4) is 0 Å². The van der Waals surface area contributed by atoms with Crippen LogP contribution in [0.25, 0.3) is 0 Å². The maximum Gasteiger partial charge on any atom is 0.309 e. The highest BCUT2D eigenvalue weighted by Gasteiger charge is 2.56. The molecule has 0 N–H and O–H groups in total. The molecule has 0 aliphatic heterocycles. The molecule has 102 valence electrons. The number of hydrogen-bond acceptors (Lipinski definition) is 5. The van der Waals surface area contributed by atoms with Crippen LogP contribution in [-0.2, 0) is 19.4 Å². The number of hydrogen-bond donors (Lipinski definition) is 0. The van der Waals surface area contributed by atoms with Crippen molar-refractivity contribution in [1.29, 1.82) is 5.26 Å². The van der Waals surface area contributed by atoms with Crippen LogP contribution < -0.4 is 0 Å². The van der Waals surface area contributed by atoms with E-state index in [4.69, 9.17) is 4.74 Å². The lowest BCUT2D eigenvalue weighted by Gasteiger charge is -2.24. The summed E-state index contributed by atoms with van der Waals surface area (Å²) in [6.45, 7) is 5.22. The second-order valence-corrected chi connectivity index (χ2v) is 7.23. The normalized spacial score (nSPS) is 31.9. The molecule has 0 saturated heterocycles. The molecular weight excluding hydrogens is 254 g/mol. The average molecular weight is 273 g/mol. The van der Waals surface area contributed by atoms with Crippen molar-refractivity contribution >= 4 is 15.8 Å². The van der Waals surface area contributed by atoms with E-state index in [1.165, 1.54) is 6.92 Å². The first-order chi connectivity index (χ1) is 8.34. The SMILES string of the molecule is CCOC(=O)C1CC(C)C(C#N)(S(=O)(=O)CC)C1. The Bertz CT molecular complexity index is 465. The van der Waals surface area contributed by atoms with Crippen LogP contribution in [0, 0.1) is 23.2 Å². The van der Waals surface area contributed by atoms with E-state index in [1.54, 1.807) is 13.8 Å². The van der Waals surface area contributed by atoms with Gasteiger partial charge in [0.15, 0.2) is 14.6 Å². The number of ether oxygens (including phenoxy) is 1. The topological polar surface area (TPSA) is 84.2 Å². The summed E-state index contributed by atoms with van der Waals surface area (Å²) in [6, 6.07) is 1.95. The molecule has 0 radical (unpaired) electrons. The number of rotatable bonds is 4. The minimum atomic E-state index is -3.51. The van der Waals surface area contributed by atoms with Gasteiger partial charge in [-0.2, -0.15) is 5.26 Å². The molecule has 18 heavy (non-hydrogen) atoms. The summed E-state index contributed by atoms with van der Waals surface area (Å²) < 4.78 is 27.7. The molecule has 1 aliphatic carbocycles. The standard InChI is InChI=1S/C12H19NO4S/c1-4-17-11(14)10-6-9(3)12(7-10,8-13)18(15,16)5-2/h9-10H,4-7H2,1-3H3. The highest BCUT2D eigenvalue weighted by molar-refractivity contribution is 7.93. The van der Waals surface area contributed by atoms with Crippen LogP contribution in [0.5, 0.6) is 0 Å². The average Bonchev–Trinajstić information content (AvgIpc) is 2.68. The molecule has 1 fully saturated rings. The summed E-state index contributed by atoms with van der Waals surface area (Å²) in [5.74, 6) is -1.31. The zero-order chi connectivity index (χ0) is 14.0. The third-order valence-electron chi connectivity index (χ3n) is 3.73. The molecule has 0 spiro atoms. The largest absolute Gasteiger partial charge is 0.466 e. The fraction of sp³-hybridized carbons (Fsp3) is 0.833. The first kappa shape index (κ1) is 15.0. The molecule has 0 bridgehead atoms. The van der Waals surface area contributed by atoms with E-state index in [0.717, 1.165) is 0 Å². The Labute approximate surface area is 108 Å². The van der Waals surface area contributed by atoms with Crippen LogP contribution >= 0.6 is 0 Å². The lowest BCUT2D eigenvalue weighted by atomic mass is 9.99. The van der Waals surface area contributed by atoms with Gasteiger partial charge in [-0.05, 0) is 25.7 Å². The molecule has 1 rings (SSSR count). The summed E-state index contributed by atoms with van der Waals surface area (Å²) in [7, 11) is -3.51. The predicted octanol–water partition coefficient (Wildman–Crippen LogP) is 1.29. The Kier molecular flexibility index (Phi) is 4.38. The van der Waals surface area contributed by atoms with Crippen LogP contribution in [0.1, 0.15) is 33.6 Å². The number of carbonyl (C=O) groups is 1. The predicted molar refractivity (Wildman–Crippen MR) is 66.3 cm³/mol. The zero-order valence-corrected chi connectivity index (χ0v) is 11.8. The maximum atomic E-state index is 12.1. The first-order valence-electron chi connectivity index (χ1n) is 6.14. The third kappa shape index (κ3) is 2.24. The zero-order valence-electron chi connectivity index (χ0n) is 11.0. The summed E-state index contributed by atoms with van der Waals surface area (Å²) in [5.41, 5.74) is 0. The van der Waals surface area contributed by atoms with Gasteiger partial charge in [0, 0.05) is 5.75 Å². The number of nitriles is 1. The number of sulfone groups is 1. The number of carbonyl (C=O) groups excluding carboxylic acids is 1. The molecule has 1 saturated carbocycles. The summed E-state index contributed by atoms with van der Waals surface area (Å²) >= 11 is 0. The first-order valence-corrected chi connectivity index (χ1v) is 7.80. The van der Waals surface area contributed by atoms with E-state index < -0.39 is 26.5 Å². The highest BCUT2D eigenvalue weighted by Crippen LogP contribution is 2.45. The van der Waals surface area contributed by atoms with Gasteiger partial charge >= 0.3 is 5.97 Å². The van der Waals surface area contributed by atoms with E-state index in [0.29, 0.717) is 6.42 Å². The molecule has 5 nitrogen and oxygen atoms in total. The van der Waals surface area contributed by atoms with Gasteiger partial charge in [0.2, 0.25) is 0 Å². The molecular formula is C12H19NO4S. The monoisotopic (exact) mass is 273 g/mol. The number of nitrogens with zero attached hydrogens (tertiary/aromatic N) is 1. The van der Waals surface area contributed by atoms with Crippen LogP contribution in [0.4, 0.5) is 0 Å². The van der Waals surface area contributed by atoms with Crippen molar-refractivity contribution in [2.24, 2.45) is 11.8 Å². The van der Waals surface area contributed by atoms with E-state index in [9.17, 15) is 18.5 Å². The van der Waals surface area contributed by atoms with Crippen molar-refractivity contribution in [1.82, 2.24) is 0 Å². The van der Waals surface area contributed by atoms with Gasteiger partial charge in [0.25, 0.3) is 0 Å². The molecule has 1 aliphatic rings. The molecule has 3 unspecified atom stereocenters. The van der Waals surface area contributed by atoms with E-state index in [2.05, 4.69) is 0 Å². The number of esters is 1. The molecule has 0 amide bonds. The second-order valence-electron chi connectivity index (χ2n) is 4.69. The Hall–Kier alpha value is -1.09. The van der Waals surface area contributed by atoms with Gasteiger partial charge in [0.1, 0.15) is 0 Å². The lowest BCUT2D eigenvalue weighted by molar-refractivity contribution is -0.147. The van der Waals surface area contributed by atoms with Crippen molar-refractivity contribution in [2.45, 2.75) is 38.4 Å². The molecule has 0 heterocycles. The third-order valence-corrected chi connectivity index (χ3v) is 6.26. The van der Waals surface area contributed by atoms with Gasteiger partial charge in [-0.15, -0.1) is 0 Å². The Morgan fingerprint density at radius 2 is 2.11 bits per heavy atom. The quantitative estimate of drug-likeness (QED) is 0.721. The van der Waals surface area contributed by atoms with Crippen LogP contribution in [-0.4, -0.2) is 31.5 Å². The minimum Gasteiger partial charge on any atom is -0.466 e. The van der Waals surface area contributed by atoms with E-state index >= 15 is 0 Å². The van der Waals surface area contributed by atoms with E-state index in [1.807, 2.05) is 6.07 Å². The van der Waals surface area contributed by atoms with Gasteiger partial charge in [0.05, 0.1) is 18.6 Å². The van der Waals surface area contributed by atoms with Crippen molar-refractivity contribution in [3.05, 3.63) is 0 Å². The fourth-order valence-electron chi connectivity index (χ4n) is 2.62. The molecule has 3 atom stereocenters. The highest BCUT2D eigenvalue weighted by atomic mass is 32.2. The molecule has 0 aromatic heterocycles. The van der Waals surface area contributed by atoms with Crippen molar-refractivity contribution in [2.75, 3.05) is 12.4 Å². The van der Waals surface area contributed by atoms with Gasteiger partial charge in [-0.25, -0.2) is 8.42 Å². The van der Waals surface area contributed by atoms with E-state index in [-0.39, 0.29) is 24.7 Å². The Morgan fingerprint density at radius 1 is 1.50 bits per heavy atom. The maximum absolute atomic E-state index is 12.1. The Morgan fingerprint density at radius 3 is 2.56 bits per heavy atom. The molecule has 6 heteroatoms. The van der Waals surface area contributed by atoms with Crippen molar-refractivity contribution in [3.63, 3.8) is 0 Å². The summed E-state index contributed by atoms with van der Waals surface area (Å²) in [5, 5.41) is 9.30. The van der Waals surface area contributed by atoms with Gasteiger partial charge in [-0.3, -0.25) is 4.79 Å². The summed E-state index contributed by atoms with van der Waals surface area (Å²) in [4.78, 5) is 11.7. The van der Waals surface area contributed by atoms with Crippen molar-refractivity contribution in [3.8, 4) is 6.07 Å². The smallest absolute Gasteiger partial charge is 0.309 e. The van der Waals surface area contributed by atoms with Gasteiger partial charge < -0.3 is 4.74 Å². The summed E-state index contributed by atoms with van der Waals surface area (Å²) in [6.07, 6.45) is 0.450. The van der Waals surface area contributed by atoms with Crippen LogP contribution in [0.15, 0.2) is 0 Å². The molecule has 0 aromatic rings. The molecule has 0 aromatic carbocycles. The minimum absolute atomic E-state index is 0.0552.